The molecule has 0 spiro atoms. The summed E-state index contributed by atoms with van der Waals surface area (Å²) in [6.07, 6.45) is 0.875. The molecule has 0 radical (unpaired) electrons. The van der Waals surface area contributed by atoms with Crippen molar-refractivity contribution in [1.29, 1.82) is 0 Å². The number of rotatable bonds is 3. The van der Waals surface area contributed by atoms with Crippen LogP contribution in [-0.4, -0.2) is 6.54 Å². The summed E-state index contributed by atoms with van der Waals surface area (Å²) < 4.78 is 0. The summed E-state index contributed by atoms with van der Waals surface area (Å²) >= 11 is 1.76. The van der Waals surface area contributed by atoms with Crippen molar-refractivity contribution in [2.75, 3.05) is 6.54 Å². The fourth-order valence-corrected chi connectivity index (χ4v) is 1.89. The average Bonchev–Trinajstić information content (AvgIpc) is 2.36. The molecule has 0 aliphatic heterocycles. The Labute approximate surface area is 83.4 Å². The molecule has 2 nitrogen and oxygen atoms in total. The zero-order valence-electron chi connectivity index (χ0n) is 7.12. The molecule has 1 heterocycles. The molecule has 70 valence electrons. The smallest absolute Gasteiger partial charge is 0.0401 e. The van der Waals surface area contributed by atoms with Gasteiger partial charge in [-0.15, -0.1) is 23.7 Å². The predicted molar refractivity (Wildman–Crippen MR) is 56.9 cm³/mol. The third-order valence-electron chi connectivity index (χ3n) is 1.60. The van der Waals surface area contributed by atoms with E-state index in [2.05, 4.69) is 19.1 Å². The minimum atomic E-state index is 0. The molecule has 0 unspecified atom stereocenters. The summed E-state index contributed by atoms with van der Waals surface area (Å²) in [7, 11) is 0. The maximum Gasteiger partial charge on any atom is 0.0401 e. The van der Waals surface area contributed by atoms with E-state index in [1.807, 2.05) is 0 Å². The molecule has 0 fully saturated rings. The third kappa shape index (κ3) is 3.11. The van der Waals surface area contributed by atoms with E-state index in [-0.39, 0.29) is 18.4 Å². The number of hydrogen-bond acceptors (Lipinski definition) is 3. The minimum absolute atomic E-state index is 0. The fourth-order valence-electron chi connectivity index (χ4n) is 0.975. The van der Waals surface area contributed by atoms with Crippen molar-refractivity contribution in [3.8, 4) is 0 Å². The SMILES string of the molecule is Cc1ccc([C@@H](N)CCN)s1.Cl. The highest BCUT2D eigenvalue weighted by Crippen LogP contribution is 2.22. The lowest BCUT2D eigenvalue weighted by Gasteiger charge is -2.05. The lowest BCUT2D eigenvalue weighted by molar-refractivity contribution is 0.672. The summed E-state index contributed by atoms with van der Waals surface area (Å²) in [5, 5.41) is 0. The first-order valence-electron chi connectivity index (χ1n) is 3.76. The van der Waals surface area contributed by atoms with Crippen LogP contribution in [0.15, 0.2) is 12.1 Å². The van der Waals surface area contributed by atoms with Gasteiger partial charge in [0.05, 0.1) is 0 Å². The van der Waals surface area contributed by atoms with Gasteiger partial charge < -0.3 is 11.5 Å². The van der Waals surface area contributed by atoms with Gasteiger partial charge in [-0.25, -0.2) is 0 Å². The van der Waals surface area contributed by atoms with Crippen molar-refractivity contribution in [3.63, 3.8) is 0 Å². The van der Waals surface area contributed by atoms with Gasteiger partial charge in [0.1, 0.15) is 0 Å². The summed E-state index contributed by atoms with van der Waals surface area (Å²) in [5.74, 6) is 0. The van der Waals surface area contributed by atoms with Gasteiger partial charge in [0.15, 0.2) is 0 Å². The molecule has 1 aromatic rings. The maximum atomic E-state index is 5.85. The zero-order chi connectivity index (χ0) is 8.27. The van der Waals surface area contributed by atoms with Crippen LogP contribution in [0.5, 0.6) is 0 Å². The summed E-state index contributed by atoms with van der Waals surface area (Å²) in [5.41, 5.74) is 11.2. The van der Waals surface area contributed by atoms with Crippen LogP contribution < -0.4 is 11.5 Å². The Morgan fingerprint density at radius 1 is 1.50 bits per heavy atom. The molecule has 0 aliphatic carbocycles. The molecule has 4 N–H and O–H groups in total. The monoisotopic (exact) mass is 206 g/mol. The second kappa shape index (κ2) is 5.54. The molecule has 0 aliphatic rings. The van der Waals surface area contributed by atoms with Crippen molar-refractivity contribution >= 4 is 23.7 Å². The van der Waals surface area contributed by atoms with Crippen molar-refractivity contribution in [2.45, 2.75) is 19.4 Å². The molecule has 0 amide bonds. The van der Waals surface area contributed by atoms with Crippen LogP contribution in [0.3, 0.4) is 0 Å². The van der Waals surface area contributed by atoms with Crippen LogP contribution in [0.2, 0.25) is 0 Å². The van der Waals surface area contributed by atoms with Crippen molar-refractivity contribution in [3.05, 3.63) is 21.9 Å². The van der Waals surface area contributed by atoms with Gasteiger partial charge in [-0.05, 0) is 32.0 Å². The summed E-state index contributed by atoms with van der Waals surface area (Å²) in [4.78, 5) is 2.56. The predicted octanol–water partition coefficient (Wildman–Crippen LogP) is 1.83. The Kier molecular flexibility index (Phi) is 5.50. The Hall–Kier alpha value is -0.0900. The van der Waals surface area contributed by atoms with Crippen LogP contribution in [0, 0.1) is 6.92 Å². The van der Waals surface area contributed by atoms with E-state index in [0.717, 1.165) is 6.42 Å². The van der Waals surface area contributed by atoms with Crippen LogP contribution in [-0.2, 0) is 0 Å². The van der Waals surface area contributed by atoms with Gasteiger partial charge >= 0.3 is 0 Å². The van der Waals surface area contributed by atoms with Gasteiger partial charge in [0.2, 0.25) is 0 Å². The van der Waals surface area contributed by atoms with Crippen molar-refractivity contribution < 1.29 is 0 Å². The molecule has 0 saturated heterocycles. The zero-order valence-corrected chi connectivity index (χ0v) is 8.75. The van der Waals surface area contributed by atoms with Crippen LogP contribution in [0.25, 0.3) is 0 Å². The largest absolute Gasteiger partial charge is 0.330 e. The van der Waals surface area contributed by atoms with E-state index in [1.165, 1.54) is 9.75 Å². The Morgan fingerprint density at radius 2 is 2.17 bits per heavy atom. The number of hydrogen-bond donors (Lipinski definition) is 2. The van der Waals surface area contributed by atoms with Gasteiger partial charge in [-0.3, -0.25) is 0 Å². The summed E-state index contributed by atoms with van der Waals surface area (Å²) in [6, 6.07) is 4.31. The maximum absolute atomic E-state index is 5.85. The normalized spacial score (nSPS) is 12.2. The first kappa shape index (κ1) is 11.9. The number of nitrogens with two attached hydrogens (primary N) is 2. The van der Waals surface area contributed by atoms with Gasteiger partial charge in [0.25, 0.3) is 0 Å². The quantitative estimate of drug-likeness (QED) is 0.793. The minimum Gasteiger partial charge on any atom is -0.330 e. The highest BCUT2D eigenvalue weighted by Gasteiger charge is 2.05. The lowest BCUT2D eigenvalue weighted by atomic mass is 10.2. The lowest BCUT2D eigenvalue weighted by Crippen LogP contribution is -2.13. The summed E-state index contributed by atoms with van der Waals surface area (Å²) in [6.45, 7) is 2.75. The Bertz CT molecular complexity index is 225. The topological polar surface area (TPSA) is 52.0 Å². The molecular formula is C8H15ClN2S. The second-order valence-electron chi connectivity index (χ2n) is 2.63. The van der Waals surface area contributed by atoms with E-state index in [4.69, 9.17) is 11.5 Å². The molecular weight excluding hydrogens is 192 g/mol. The standard InChI is InChI=1S/C8H14N2S.ClH/c1-6-2-3-8(11-6)7(10)4-5-9;/h2-3,7H,4-5,9-10H2,1H3;1H/t7-;/m0./s1. The first-order valence-corrected chi connectivity index (χ1v) is 4.57. The molecule has 1 atom stereocenters. The van der Waals surface area contributed by atoms with Gasteiger partial charge in [0, 0.05) is 15.8 Å². The highest BCUT2D eigenvalue weighted by molar-refractivity contribution is 7.12. The van der Waals surface area contributed by atoms with Crippen LogP contribution in [0.4, 0.5) is 0 Å². The van der Waals surface area contributed by atoms with E-state index in [1.54, 1.807) is 11.3 Å². The van der Waals surface area contributed by atoms with Gasteiger partial charge in [-0.1, -0.05) is 0 Å². The molecule has 0 aromatic carbocycles. The Morgan fingerprint density at radius 3 is 2.58 bits per heavy atom. The van der Waals surface area contributed by atoms with E-state index in [0.29, 0.717) is 6.54 Å². The average molecular weight is 207 g/mol. The van der Waals surface area contributed by atoms with Crippen LogP contribution >= 0.6 is 23.7 Å². The number of aryl methyl sites for hydroxylation is 1. The molecule has 1 aromatic heterocycles. The molecule has 12 heavy (non-hydrogen) atoms. The van der Waals surface area contributed by atoms with E-state index < -0.39 is 0 Å². The molecule has 1 rings (SSSR count). The molecule has 4 heteroatoms. The molecule has 0 bridgehead atoms. The first-order chi connectivity index (χ1) is 5.24. The molecule has 0 saturated carbocycles. The van der Waals surface area contributed by atoms with Crippen molar-refractivity contribution in [1.82, 2.24) is 0 Å². The van der Waals surface area contributed by atoms with E-state index in [9.17, 15) is 0 Å². The van der Waals surface area contributed by atoms with Gasteiger partial charge in [-0.2, -0.15) is 0 Å². The second-order valence-corrected chi connectivity index (χ2v) is 3.95. The van der Waals surface area contributed by atoms with Crippen molar-refractivity contribution in [2.24, 2.45) is 11.5 Å². The Balaban J connectivity index is 0.00000121. The highest BCUT2D eigenvalue weighted by atomic mass is 35.5. The fraction of sp³-hybridized carbons (Fsp3) is 0.500. The number of halogens is 1. The third-order valence-corrected chi connectivity index (χ3v) is 2.74. The van der Waals surface area contributed by atoms with E-state index >= 15 is 0 Å². The number of thiophene rings is 1. The van der Waals surface area contributed by atoms with Crippen LogP contribution in [0.1, 0.15) is 22.2 Å².